The van der Waals surface area contributed by atoms with Crippen molar-refractivity contribution < 1.29 is 24.0 Å². The van der Waals surface area contributed by atoms with Gasteiger partial charge in [0.2, 0.25) is 5.91 Å². The SMILES string of the molecule is CCOC(=O)C1(c2ccccc2)CC[NH+](CCC(=O)Nc2ccccc2OC)CC1. The largest absolute Gasteiger partial charge is 0.495 e. The van der Waals surface area contributed by atoms with Crippen LogP contribution >= 0.6 is 0 Å². The summed E-state index contributed by atoms with van der Waals surface area (Å²) in [5.74, 6) is 0.486. The number of benzene rings is 2. The van der Waals surface area contributed by atoms with Crippen molar-refractivity contribution in [2.75, 3.05) is 38.7 Å². The minimum absolute atomic E-state index is 0.0303. The molecule has 0 unspecified atom stereocenters. The zero-order valence-corrected chi connectivity index (χ0v) is 17.8. The predicted octanol–water partition coefficient (Wildman–Crippen LogP) is 2.20. The third-order valence-corrected chi connectivity index (χ3v) is 5.89. The molecule has 6 heteroatoms. The number of hydrogen-bond donors (Lipinski definition) is 2. The van der Waals surface area contributed by atoms with Gasteiger partial charge < -0.3 is 19.7 Å². The number of hydrogen-bond acceptors (Lipinski definition) is 4. The molecule has 1 saturated heterocycles. The Hall–Kier alpha value is -2.86. The molecule has 0 bridgehead atoms. The molecule has 1 aliphatic heterocycles. The highest BCUT2D eigenvalue weighted by atomic mass is 16.5. The highest BCUT2D eigenvalue weighted by molar-refractivity contribution is 5.92. The molecule has 1 fully saturated rings. The van der Waals surface area contributed by atoms with Gasteiger partial charge in [-0.1, -0.05) is 42.5 Å². The Morgan fingerprint density at radius 3 is 2.37 bits per heavy atom. The molecule has 160 valence electrons. The van der Waals surface area contributed by atoms with E-state index in [4.69, 9.17) is 9.47 Å². The number of nitrogens with one attached hydrogen (secondary N) is 2. The first kappa shape index (κ1) is 21.8. The van der Waals surface area contributed by atoms with Gasteiger partial charge in [-0.3, -0.25) is 9.59 Å². The van der Waals surface area contributed by atoms with Gasteiger partial charge in [-0.25, -0.2) is 0 Å². The first-order valence-corrected chi connectivity index (χ1v) is 10.6. The van der Waals surface area contributed by atoms with Crippen LogP contribution < -0.4 is 15.0 Å². The maximum Gasteiger partial charge on any atom is 0.317 e. The normalized spacial score (nSPS) is 20.9. The quantitative estimate of drug-likeness (QED) is 0.654. The molecule has 1 aliphatic rings. The van der Waals surface area contributed by atoms with Crippen LogP contribution in [0.5, 0.6) is 5.75 Å². The number of carbonyl (C=O) groups is 2. The lowest BCUT2D eigenvalue weighted by Gasteiger charge is -2.38. The van der Waals surface area contributed by atoms with Gasteiger partial charge >= 0.3 is 5.97 Å². The molecule has 0 radical (unpaired) electrons. The maximum atomic E-state index is 12.8. The van der Waals surface area contributed by atoms with Gasteiger partial charge in [0.25, 0.3) is 0 Å². The number of para-hydroxylation sites is 2. The Labute approximate surface area is 178 Å². The number of rotatable bonds is 8. The predicted molar refractivity (Wildman–Crippen MR) is 116 cm³/mol. The molecule has 2 aromatic carbocycles. The minimum Gasteiger partial charge on any atom is -0.495 e. The van der Waals surface area contributed by atoms with Crippen molar-refractivity contribution in [2.24, 2.45) is 0 Å². The Balaban J connectivity index is 1.57. The average molecular weight is 412 g/mol. The Bertz CT molecular complexity index is 845. The van der Waals surface area contributed by atoms with Crippen LogP contribution in [0, 0.1) is 0 Å². The molecule has 2 aromatic rings. The molecule has 0 aromatic heterocycles. The summed E-state index contributed by atoms with van der Waals surface area (Å²) in [5.41, 5.74) is 1.13. The summed E-state index contributed by atoms with van der Waals surface area (Å²) in [7, 11) is 1.59. The minimum atomic E-state index is -0.583. The smallest absolute Gasteiger partial charge is 0.317 e. The zero-order chi connectivity index (χ0) is 21.4. The van der Waals surface area contributed by atoms with Crippen molar-refractivity contribution in [1.82, 2.24) is 0 Å². The highest BCUT2D eigenvalue weighted by Crippen LogP contribution is 2.34. The van der Waals surface area contributed by atoms with Crippen LogP contribution in [0.15, 0.2) is 54.6 Å². The third-order valence-electron chi connectivity index (χ3n) is 5.89. The summed E-state index contributed by atoms with van der Waals surface area (Å²) in [4.78, 5) is 26.6. The first-order chi connectivity index (χ1) is 14.6. The molecule has 3 rings (SSSR count). The van der Waals surface area contributed by atoms with Crippen molar-refractivity contribution >= 4 is 17.6 Å². The lowest BCUT2D eigenvalue weighted by Crippen LogP contribution is -3.13. The van der Waals surface area contributed by atoms with Crippen LogP contribution in [0.25, 0.3) is 0 Å². The van der Waals surface area contributed by atoms with Crippen LogP contribution in [0.2, 0.25) is 0 Å². The molecular formula is C24H31N2O4+. The van der Waals surface area contributed by atoms with Gasteiger partial charge in [0.15, 0.2) is 0 Å². The van der Waals surface area contributed by atoms with Gasteiger partial charge in [0.1, 0.15) is 11.2 Å². The number of quaternary nitrogens is 1. The van der Waals surface area contributed by atoms with Crippen molar-refractivity contribution in [3.05, 3.63) is 60.2 Å². The third kappa shape index (κ3) is 5.00. The lowest BCUT2D eigenvalue weighted by molar-refractivity contribution is -0.905. The van der Waals surface area contributed by atoms with Crippen LogP contribution in [-0.4, -0.2) is 45.2 Å². The fraction of sp³-hybridized carbons (Fsp3) is 0.417. The van der Waals surface area contributed by atoms with Crippen LogP contribution in [0.4, 0.5) is 5.69 Å². The van der Waals surface area contributed by atoms with E-state index in [2.05, 4.69) is 5.32 Å². The van der Waals surface area contributed by atoms with E-state index in [9.17, 15) is 9.59 Å². The second-order valence-electron chi connectivity index (χ2n) is 7.67. The van der Waals surface area contributed by atoms with Gasteiger partial charge in [-0.2, -0.15) is 0 Å². The van der Waals surface area contributed by atoms with E-state index in [1.165, 1.54) is 4.90 Å². The van der Waals surface area contributed by atoms with Gasteiger partial charge in [0.05, 0.1) is 45.5 Å². The van der Waals surface area contributed by atoms with E-state index in [-0.39, 0.29) is 11.9 Å². The highest BCUT2D eigenvalue weighted by Gasteiger charge is 2.45. The van der Waals surface area contributed by atoms with E-state index in [0.717, 1.165) is 38.0 Å². The molecule has 0 atom stereocenters. The van der Waals surface area contributed by atoms with Crippen molar-refractivity contribution in [1.29, 1.82) is 0 Å². The molecule has 1 amide bonds. The number of ether oxygens (including phenoxy) is 2. The Morgan fingerprint density at radius 1 is 1.03 bits per heavy atom. The van der Waals surface area contributed by atoms with Gasteiger partial charge in [0, 0.05) is 12.8 Å². The standard InChI is InChI=1S/C24H30N2O4/c1-3-30-23(28)24(19-9-5-4-6-10-19)14-17-26(18-15-24)16-13-22(27)25-20-11-7-8-12-21(20)29-2/h4-12H,3,13-18H2,1-2H3,(H,25,27)/p+1. The summed E-state index contributed by atoms with van der Waals surface area (Å²) in [5, 5.41) is 2.93. The fourth-order valence-corrected chi connectivity index (χ4v) is 4.17. The summed E-state index contributed by atoms with van der Waals surface area (Å²) in [6.45, 7) is 4.62. The van der Waals surface area contributed by atoms with Gasteiger partial charge in [-0.05, 0) is 24.6 Å². The molecule has 2 N–H and O–H groups in total. The van der Waals surface area contributed by atoms with Crippen molar-refractivity contribution in [2.45, 2.75) is 31.6 Å². The van der Waals surface area contributed by atoms with E-state index in [1.54, 1.807) is 7.11 Å². The summed E-state index contributed by atoms with van der Waals surface area (Å²) in [6, 6.07) is 17.3. The van der Waals surface area contributed by atoms with Crippen molar-refractivity contribution in [3.8, 4) is 5.75 Å². The number of esters is 1. The summed E-state index contributed by atoms with van der Waals surface area (Å²) in [6.07, 6.45) is 1.86. The molecule has 30 heavy (non-hydrogen) atoms. The number of likely N-dealkylation sites (tertiary alicyclic amines) is 1. The topological polar surface area (TPSA) is 69.1 Å². The molecule has 0 spiro atoms. The maximum absolute atomic E-state index is 12.8. The fourth-order valence-electron chi connectivity index (χ4n) is 4.17. The number of methoxy groups -OCH3 is 1. The van der Waals surface area contributed by atoms with E-state index in [1.807, 2.05) is 61.5 Å². The molecule has 0 aliphatic carbocycles. The molecule has 6 nitrogen and oxygen atoms in total. The van der Waals surface area contributed by atoms with E-state index in [0.29, 0.717) is 24.5 Å². The van der Waals surface area contributed by atoms with Crippen LogP contribution in [0.3, 0.4) is 0 Å². The summed E-state index contributed by atoms with van der Waals surface area (Å²) < 4.78 is 10.7. The second kappa shape index (κ2) is 10.3. The Kier molecular flexibility index (Phi) is 7.46. The number of carbonyl (C=O) groups excluding carboxylic acids is 2. The second-order valence-corrected chi connectivity index (χ2v) is 7.67. The van der Waals surface area contributed by atoms with Crippen molar-refractivity contribution in [3.63, 3.8) is 0 Å². The summed E-state index contributed by atoms with van der Waals surface area (Å²) >= 11 is 0. The molecular weight excluding hydrogens is 380 g/mol. The molecule has 0 saturated carbocycles. The van der Waals surface area contributed by atoms with Crippen LogP contribution in [0.1, 0.15) is 31.7 Å². The average Bonchev–Trinajstić information content (AvgIpc) is 2.79. The number of piperidine rings is 1. The lowest BCUT2D eigenvalue weighted by atomic mass is 9.72. The molecule has 1 heterocycles. The number of anilines is 1. The van der Waals surface area contributed by atoms with Crippen LogP contribution in [-0.2, 0) is 19.7 Å². The first-order valence-electron chi connectivity index (χ1n) is 10.6. The zero-order valence-electron chi connectivity index (χ0n) is 17.8. The van der Waals surface area contributed by atoms with E-state index >= 15 is 0 Å². The van der Waals surface area contributed by atoms with Gasteiger partial charge in [-0.15, -0.1) is 0 Å². The Morgan fingerprint density at radius 2 is 1.70 bits per heavy atom. The monoisotopic (exact) mass is 411 g/mol. The van der Waals surface area contributed by atoms with E-state index < -0.39 is 5.41 Å². The number of amides is 1.